The number of halogens is 1. The van der Waals surface area contributed by atoms with Crippen LogP contribution >= 0.6 is 11.6 Å². The summed E-state index contributed by atoms with van der Waals surface area (Å²) >= 11 is 5.92. The van der Waals surface area contributed by atoms with E-state index in [1.807, 2.05) is 0 Å². The summed E-state index contributed by atoms with van der Waals surface area (Å²) < 4.78 is 32.2. The number of benzene rings is 1. The molecule has 1 aliphatic heterocycles. The predicted molar refractivity (Wildman–Crippen MR) is 76.1 cm³/mol. The summed E-state index contributed by atoms with van der Waals surface area (Å²) in [6.07, 6.45) is 1.74. The number of sulfonamides is 1. The molecule has 2 N–H and O–H groups in total. The van der Waals surface area contributed by atoms with Gasteiger partial charge in [-0.3, -0.25) is 0 Å². The van der Waals surface area contributed by atoms with Crippen LogP contribution in [-0.2, 0) is 21.4 Å². The Morgan fingerprint density at radius 1 is 1.35 bits per heavy atom. The first-order chi connectivity index (χ1) is 9.53. The van der Waals surface area contributed by atoms with Gasteiger partial charge >= 0.3 is 0 Å². The molecule has 0 atom stereocenters. The highest BCUT2D eigenvalue weighted by molar-refractivity contribution is 7.89. The Kier molecular flexibility index (Phi) is 5.40. The fraction of sp³-hybridized carbons (Fsp3) is 0.538. The van der Waals surface area contributed by atoms with E-state index >= 15 is 0 Å². The third-order valence-electron chi connectivity index (χ3n) is 3.41. The summed E-state index contributed by atoms with van der Waals surface area (Å²) in [5.74, 6) is 0.311. The molecule has 1 fully saturated rings. The van der Waals surface area contributed by atoms with Crippen LogP contribution in [0.5, 0.6) is 0 Å². The van der Waals surface area contributed by atoms with E-state index in [9.17, 15) is 8.42 Å². The Balaban J connectivity index is 2.04. The predicted octanol–water partition coefficient (Wildman–Crippen LogP) is 1.54. The van der Waals surface area contributed by atoms with Gasteiger partial charge < -0.3 is 9.84 Å². The summed E-state index contributed by atoms with van der Waals surface area (Å²) in [6.45, 7) is 1.56. The second-order valence-electron chi connectivity index (χ2n) is 4.82. The number of hydrogen-bond acceptors (Lipinski definition) is 4. The lowest BCUT2D eigenvalue weighted by Gasteiger charge is -2.22. The molecule has 1 heterocycles. The maximum absolute atomic E-state index is 12.2. The number of aliphatic hydroxyl groups excluding tert-OH is 1. The maximum Gasteiger partial charge on any atom is 0.240 e. The molecule has 0 spiro atoms. The van der Waals surface area contributed by atoms with Crippen LogP contribution in [0.15, 0.2) is 23.1 Å². The van der Waals surface area contributed by atoms with Crippen LogP contribution in [0, 0.1) is 5.92 Å². The fourth-order valence-electron chi connectivity index (χ4n) is 2.08. The van der Waals surface area contributed by atoms with Crippen molar-refractivity contribution >= 4 is 21.6 Å². The Hall–Kier alpha value is -0.660. The van der Waals surface area contributed by atoms with Crippen LogP contribution in [-0.4, -0.2) is 33.3 Å². The fourth-order valence-corrected chi connectivity index (χ4v) is 3.53. The van der Waals surface area contributed by atoms with E-state index in [4.69, 9.17) is 21.4 Å². The molecular weight excluding hydrogens is 302 g/mol. The zero-order chi connectivity index (χ0) is 14.6. The van der Waals surface area contributed by atoms with Crippen LogP contribution in [0.3, 0.4) is 0 Å². The van der Waals surface area contributed by atoms with Gasteiger partial charge in [0.25, 0.3) is 0 Å². The Bertz CT molecular complexity index is 555. The molecule has 20 heavy (non-hydrogen) atoms. The first-order valence-electron chi connectivity index (χ1n) is 6.49. The van der Waals surface area contributed by atoms with Crippen molar-refractivity contribution in [2.45, 2.75) is 24.3 Å². The van der Waals surface area contributed by atoms with Crippen LogP contribution < -0.4 is 4.72 Å². The lowest BCUT2D eigenvalue weighted by Crippen LogP contribution is -2.32. The van der Waals surface area contributed by atoms with E-state index in [0.717, 1.165) is 12.8 Å². The SMILES string of the molecule is O=S(=O)(NCC1CCOCC1)c1ccc(CO)c(Cl)c1. The van der Waals surface area contributed by atoms with Gasteiger partial charge in [-0.05, 0) is 36.5 Å². The quantitative estimate of drug-likeness (QED) is 0.863. The van der Waals surface area contributed by atoms with E-state index < -0.39 is 10.0 Å². The molecule has 5 nitrogen and oxygen atoms in total. The molecule has 1 saturated heterocycles. The van der Waals surface area contributed by atoms with Crippen molar-refractivity contribution in [3.8, 4) is 0 Å². The Labute approximate surface area is 124 Å². The first kappa shape index (κ1) is 15.7. The van der Waals surface area contributed by atoms with Crippen molar-refractivity contribution in [3.63, 3.8) is 0 Å². The molecule has 1 aromatic carbocycles. The van der Waals surface area contributed by atoms with Gasteiger partial charge in [0.15, 0.2) is 0 Å². The lowest BCUT2D eigenvalue weighted by atomic mass is 10.0. The van der Waals surface area contributed by atoms with Crippen molar-refractivity contribution in [1.82, 2.24) is 4.72 Å². The summed E-state index contributed by atoms with van der Waals surface area (Å²) in [5, 5.41) is 9.28. The molecule has 0 amide bonds. The standard InChI is InChI=1S/C13H18ClNO4S/c14-13-7-12(2-1-11(13)9-16)20(17,18)15-8-10-3-5-19-6-4-10/h1-2,7,10,15-16H,3-6,8-9H2. The summed E-state index contributed by atoms with van der Waals surface area (Å²) in [7, 11) is -3.56. The summed E-state index contributed by atoms with van der Waals surface area (Å²) in [5.41, 5.74) is 0.509. The number of hydrogen-bond donors (Lipinski definition) is 2. The molecular formula is C13H18ClNO4S. The van der Waals surface area contributed by atoms with E-state index in [2.05, 4.69) is 4.72 Å². The number of rotatable bonds is 5. The smallest absolute Gasteiger partial charge is 0.240 e. The van der Waals surface area contributed by atoms with Gasteiger partial charge in [-0.2, -0.15) is 0 Å². The van der Waals surface area contributed by atoms with E-state index in [-0.39, 0.29) is 16.5 Å². The van der Waals surface area contributed by atoms with E-state index in [1.54, 1.807) is 0 Å². The third kappa shape index (κ3) is 3.93. The van der Waals surface area contributed by atoms with Gasteiger partial charge in [0.2, 0.25) is 10.0 Å². The lowest BCUT2D eigenvalue weighted by molar-refractivity contribution is 0.0678. The van der Waals surface area contributed by atoms with Crippen molar-refractivity contribution in [1.29, 1.82) is 0 Å². The second-order valence-corrected chi connectivity index (χ2v) is 6.99. The normalized spacial score (nSPS) is 17.3. The second kappa shape index (κ2) is 6.87. The maximum atomic E-state index is 12.2. The van der Waals surface area contributed by atoms with Gasteiger partial charge in [-0.1, -0.05) is 17.7 Å². The number of ether oxygens (including phenoxy) is 1. The van der Waals surface area contributed by atoms with Crippen LogP contribution in [0.2, 0.25) is 5.02 Å². The molecule has 0 saturated carbocycles. The van der Waals surface area contributed by atoms with Crippen molar-refractivity contribution in [2.75, 3.05) is 19.8 Å². The van der Waals surface area contributed by atoms with Gasteiger partial charge in [0.1, 0.15) is 0 Å². The molecule has 112 valence electrons. The highest BCUT2D eigenvalue weighted by Crippen LogP contribution is 2.21. The molecule has 0 radical (unpaired) electrons. The molecule has 7 heteroatoms. The zero-order valence-corrected chi connectivity index (χ0v) is 12.6. The van der Waals surface area contributed by atoms with Crippen LogP contribution in [0.4, 0.5) is 0 Å². The largest absolute Gasteiger partial charge is 0.392 e. The molecule has 0 unspecified atom stereocenters. The van der Waals surface area contributed by atoms with Crippen LogP contribution in [0.1, 0.15) is 18.4 Å². The van der Waals surface area contributed by atoms with Crippen LogP contribution in [0.25, 0.3) is 0 Å². The van der Waals surface area contributed by atoms with Crippen molar-refractivity contribution in [2.24, 2.45) is 5.92 Å². The number of aliphatic hydroxyl groups is 1. The Morgan fingerprint density at radius 3 is 2.65 bits per heavy atom. The minimum Gasteiger partial charge on any atom is -0.392 e. The summed E-state index contributed by atoms with van der Waals surface area (Å²) in [6, 6.07) is 4.33. The van der Waals surface area contributed by atoms with Crippen molar-refractivity contribution in [3.05, 3.63) is 28.8 Å². The minimum atomic E-state index is -3.56. The molecule has 0 aromatic heterocycles. The number of nitrogens with one attached hydrogen (secondary N) is 1. The average Bonchev–Trinajstić information content (AvgIpc) is 2.46. The van der Waals surface area contributed by atoms with E-state index in [1.165, 1.54) is 18.2 Å². The molecule has 1 aliphatic rings. The van der Waals surface area contributed by atoms with Gasteiger partial charge in [0.05, 0.1) is 11.5 Å². The highest BCUT2D eigenvalue weighted by Gasteiger charge is 2.19. The molecule has 0 aliphatic carbocycles. The molecule has 2 rings (SSSR count). The van der Waals surface area contributed by atoms with Crippen molar-refractivity contribution < 1.29 is 18.3 Å². The average molecular weight is 320 g/mol. The van der Waals surface area contributed by atoms with Gasteiger partial charge in [0, 0.05) is 24.8 Å². The van der Waals surface area contributed by atoms with E-state index in [0.29, 0.717) is 31.2 Å². The molecule has 1 aromatic rings. The molecule has 0 bridgehead atoms. The van der Waals surface area contributed by atoms with Gasteiger partial charge in [-0.15, -0.1) is 0 Å². The topological polar surface area (TPSA) is 75.6 Å². The minimum absolute atomic E-state index is 0.117. The third-order valence-corrected chi connectivity index (χ3v) is 5.18. The monoisotopic (exact) mass is 319 g/mol. The van der Waals surface area contributed by atoms with Gasteiger partial charge in [-0.25, -0.2) is 13.1 Å². The zero-order valence-electron chi connectivity index (χ0n) is 11.0. The highest BCUT2D eigenvalue weighted by atomic mass is 35.5. The first-order valence-corrected chi connectivity index (χ1v) is 8.36. The summed E-state index contributed by atoms with van der Waals surface area (Å²) in [4.78, 5) is 0.117. The Morgan fingerprint density at radius 2 is 2.05 bits per heavy atom.